The van der Waals surface area contributed by atoms with Crippen molar-refractivity contribution in [2.45, 2.75) is 78.1 Å². The number of amides is 1. The molecule has 1 aromatic carbocycles. The van der Waals surface area contributed by atoms with Crippen molar-refractivity contribution in [3.05, 3.63) is 41.8 Å². The Labute approximate surface area is 216 Å². The number of hydrogen-bond donors (Lipinski definition) is 3. The van der Waals surface area contributed by atoms with E-state index in [0.29, 0.717) is 5.69 Å². The topological polar surface area (TPSA) is 117 Å². The lowest BCUT2D eigenvalue weighted by Gasteiger charge is -2.38. The van der Waals surface area contributed by atoms with E-state index in [2.05, 4.69) is 26.0 Å². The molecule has 1 saturated carbocycles. The van der Waals surface area contributed by atoms with Crippen LogP contribution in [0.5, 0.6) is 0 Å². The van der Waals surface area contributed by atoms with E-state index in [-0.39, 0.29) is 35.2 Å². The summed E-state index contributed by atoms with van der Waals surface area (Å²) in [5.41, 5.74) is 1.17. The first kappa shape index (κ1) is 26.2. The standard InChI is InChI=1S/C27H34FN7O2/c1-6-35-22-11-10-20(12-19(22)15-30-35)32-24-18(14-29)13-21(28)25(34-24)33-23(17-8-7-9-17)16(2)31-26(36)37-27(3,4)5/h10-13,15-17,23H,6-9H2,1-5H3,(H,31,36)(H2,32,33,34)/t16-,23-/m0/s1. The summed E-state index contributed by atoms with van der Waals surface area (Å²) in [5.74, 6) is -0.115. The van der Waals surface area contributed by atoms with E-state index < -0.39 is 17.5 Å². The number of carbonyl (C=O) groups is 1. The van der Waals surface area contributed by atoms with Gasteiger partial charge in [-0.2, -0.15) is 10.4 Å². The Morgan fingerprint density at radius 1 is 1.30 bits per heavy atom. The number of carbonyl (C=O) groups excluding carboxylic acids is 1. The number of aryl methyl sites for hydroxylation is 1. The highest BCUT2D eigenvalue weighted by Gasteiger charge is 2.34. The van der Waals surface area contributed by atoms with Gasteiger partial charge in [0.15, 0.2) is 17.5 Å². The largest absolute Gasteiger partial charge is 0.444 e. The third kappa shape index (κ3) is 6.10. The molecule has 0 unspecified atom stereocenters. The number of fused-ring (bicyclic) bond motifs is 1. The van der Waals surface area contributed by atoms with Gasteiger partial charge >= 0.3 is 6.09 Å². The Balaban J connectivity index is 1.57. The van der Waals surface area contributed by atoms with E-state index in [9.17, 15) is 10.1 Å². The van der Waals surface area contributed by atoms with Gasteiger partial charge in [0.1, 0.15) is 11.7 Å². The summed E-state index contributed by atoms with van der Waals surface area (Å²) in [7, 11) is 0. The number of ether oxygens (including phenoxy) is 1. The van der Waals surface area contributed by atoms with Crippen molar-refractivity contribution >= 4 is 34.3 Å². The number of rotatable bonds is 8. The van der Waals surface area contributed by atoms with E-state index in [1.165, 1.54) is 6.07 Å². The van der Waals surface area contributed by atoms with E-state index in [0.717, 1.165) is 36.7 Å². The van der Waals surface area contributed by atoms with Crippen LogP contribution < -0.4 is 16.0 Å². The Morgan fingerprint density at radius 3 is 2.68 bits per heavy atom. The number of halogens is 1. The third-order valence-corrected chi connectivity index (χ3v) is 6.54. The first-order chi connectivity index (χ1) is 17.6. The highest BCUT2D eigenvalue weighted by molar-refractivity contribution is 5.83. The lowest BCUT2D eigenvalue weighted by molar-refractivity contribution is 0.0492. The van der Waals surface area contributed by atoms with Gasteiger partial charge in [0, 0.05) is 23.7 Å². The molecule has 2 atom stereocenters. The maximum Gasteiger partial charge on any atom is 0.407 e. The molecule has 0 spiro atoms. The first-order valence-electron chi connectivity index (χ1n) is 12.7. The first-order valence-corrected chi connectivity index (χ1v) is 12.7. The van der Waals surface area contributed by atoms with Gasteiger partial charge in [0.25, 0.3) is 0 Å². The fourth-order valence-corrected chi connectivity index (χ4v) is 4.52. The van der Waals surface area contributed by atoms with Gasteiger partial charge in [-0.1, -0.05) is 6.42 Å². The monoisotopic (exact) mass is 507 g/mol. The van der Waals surface area contributed by atoms with Crippen LogP contribution in [-0.2, 0) is 11.3 Å². The number of benzene rings is 1. The smallest absolute Gasteiger partial charge is 0.407 e. The SMILES string of the molecule is CCn1ncc2cc(Nc3nc(N[C@H](C4CCC4)[C@H](C)NC(=O)OC(C)(C)C)c(F)cc3C#N)ccc21. The second-order valence-corrected chi connectivity index (χ2v) is 10.5. The second-order valence-electron chi connectivity index (χ2n) is 10.5. The van der Waals surface area contributed by atoms with Gasteiger partial charge < -0.3 is 20.7 Å². The predicted octanol–water partition coefficient (Wildman–Crippen LogP) is 5.70. The zero-order valence-electron chi connectivity index (χ0n) is 21.9. The molecule has 1 aliphatic carbocycles. The minimum Gasteiger partial charge on any atom is -0.444 e. The number of hydrogen-bond acceptors (Lipinski definition) is 7. The van der Waals surface area contributed by atoms with Gasteiger partial charge in [0.05, 0.1) is 23.3 Å². The van der Waals surface area contributed by atoms with Crippen molar-refractivity contribution in [3.8, 4) is 6.07 Å². The minimum atomic E-state index is -0.629. The lowest BCUT2D eigenvalue weighted by atomic mass is 9.77. The summed E-state index contributed by atoms with van der Waals surface area (Å²) in [6, 6.07) is 8.32. The molecule has 10 heteroatoms. The zero-order valence-corrected chi connectivity index (χ0v) is 21.9. The van der Waals surface area contributed by atoms with Crippen LogP contribution in [0.25, 0.3) is 10.9 Å². The summed E-state index contributed by atoms with van der Waals surface area (Å²) in [6.45, 7) is 10.1. The maximum absolute atomic E-state index is 15.1. The molecule has 196 valence electrons. The van der Waals surface area contributed by atoms with Crippen molar-refractivity contribution < 1.29 is 13.9 Å². The maximum atomic E-state index is 15.1. The van der Waals surface area contributed by atoms with Crippen molar-refractivity contribution in [3.63, 3.8) is 0 Å². The average molecular weight is 508 g/mol. The molecule has 3 aromatic rings. The van der Waals surface area contributed by atoms with Gasteiger partial charge in [-0.15, -0.1) is 0 Å². The van der Waals surface area contributed by atoms with Crippen molar-refractivity contribution in [1.29, 1.82) is 5.26 Å². The van der Waals surface area contributed by atoms with Gasteiger partial charge in [-0.05, 0) is 77.6 Å². The summed E-state index contributed by atoms with van der Waals surface area (Å²) in [4.78, 5) is 16.8. The van der Waals surface area contributed by atoms with Crippen LogP contribution in [0.1, 0.15) is 59.4 Å². The second kappa shape index (κ2) is 10.6. The summed E-state index contributed by atoms with van der Waals surface area (Å²) in [6.07, 6.45) is 4.26. The summed E-state index contributed by atoms with van der Waals surface area (Å²) < 4.78 is 22.4. The van der Waals surface area contributed by atoms with Gasteiger partial charge in [0.2, 0.25) is 0 Å². The summed E-state index contributed by atoms with van der Waals surface area (Å²) >= 11 is 0. The molecule has 9 nitrogen and oxygen atoms in total. The number of nitriles is 1. The fourth-order valence-electron chi connectivity index (χ4n) is 4.52. The van der Waals surface area contributed by atoms with Crippen LogP contribution in [0.4, 0.5) is 26.5 Å². The quantitative estimate of drug-likeness (QED) is 0.358. The molecule has 3 N–H and O–H groups in total. The molecular weight excluding hydrogens is 473 g/mol. The van der Waals surface area contributed by atoms with Gasteiger partial charge in [-0.25, -0.2) is 14.2 Å². The number of alkyl carbamates (subject to hydrolysis) is 1. The Bertz CT molecular complexity index is 1320. The highest BCUT2D eigenvalue weighted by atomic mass is 19.1. The van der Waals surface area contributed by atoms with E-state index in [1.807, 2.05) is 42.8 Å². The number of aromatic nitrogens is 3. The van der Waals surface area contributed by atoms with Crippen molar-refractivity contribution in [1.82, 2.24) is 20.1 Å². The number of nitrogens with zero attached hydrogens (tertiary/aromatic N) is 4. The van der Waals surface area contributed by atoms with Crippen LogP contribution in [-0.4, -0.2) is 38.5 Å². The molecule has 2 heterocycles. The molecule has 0 radical (unpaired) electrons. The van der Waals surface area contributed by atoms with Crippen molar-refractivity contribution in [2.24, 2.45) is 5.92 Å². The molecule has 0 saturated heterocycles. The molecule has 0 aliphatic heterocycles. The van der Waals surface area contributed by atoms with Crippen LogP contribution in [0.15, 0.2) is 30.5 Å². The van der Waals surface area contributed by atoms with Crippen LogP contribution >= 0.6 is 0 Å². The molecule has 4 rings (SSSR count). The molecule has 0 bridgehead atoms. The van der Waals surface area contributed by atoms with Crippen LogP contribution in [0.3, 0.4) is 0 Å². The summed E-state index contributed by atoms with van der Waals surface area (Å²) in [5, 5.41) is 24.2. The molecule has 1 amide bonds. The predicted molar refractivity (Wildman–Crippen MR) is 141 cm³/mol. The third-order valence-electron chi connectivity index (χ3n) is 6.54. The number of nitrogens with one attached hydrogen (secondary N) is 3. The Morgan fingerprint density at radius 2 is 2.05 bits per heavy atom. The number of anilines is 3. The minimum absolute atomic E-state index is 0.0242. The molecule has 37 heavy (non-hydrogen) atoms. The average Bonchev–Trinajstić information content (AvgIpc) is 3.20. The number of pyridine rings is 1. The molecule has 1 aliphatic rings. The van der Waals surface area contributed by atoms with Crippen LogP contribution in [0, 0.1) is 23.1 Å². The van der Waals surface area contributed by atoms with E-state index in [4.69, 9.17) is 4.74 Å². The van der Waals surface area contributed by atoms with E-state index >= 15 is 4.39 Å². The van der Waals surface area contributed by atoms with Crippen molar-refractivity contribution in [2.75, 3.05) is 10.6 Å². The Kier molecular flexibility index (Phi) is 7.52. The van der Waals surface area contributed by atoms with Crippen LogP contribution in [0.2, 0.25) is 0 Å². The molecule has 2 aromatic heterocycles. The van der Waals surface area contributed by atoms with E-state index in [1.54, 1.807) is 27.0 Å². The highest BCUT2D eigenvalue weighted by Crippen LogP contribution is 2.34. The molecular formula is C27H34FN7O2. The normalized spacial score (nSPS) is 15.4. The lowest BCUT2D eigenvalue weighted by Crippen LogP contribution is -2.51. The van der Waals surface area contributed by atoms with Gasteiger partial charge in [-0.3, -0.25) is 4.68 Å². The fraction of sp³-hybridized carbons (Fsp3) is 0.481. The molecule has 1 fully saturated rings. The zero-order chi connectivity index (χ0) is 26.7. The Hall–Kier alpha value is -3.87.